The zero-order valence-electron chi connectivity index (χ0n) is 19.0. The SMILES string of the molecule is COc1cc2c(cc1OC)C(C)N(C(=O)c1ccc(=O)n(CCOc3ccccc3)n1)CC2. The van der Waals surface area contributed by atoms with Crippen LogP contribution in [-0.4, -0.2) is 48.0 Å². The molecule has 0 bridgehead atoms. The molecule has 0 N–H and O–H groups in total. The van der Waals surface area contributed by atoms with E-state index in [1.54, 1.807) is 19.1 Å². The molecule has 1 atom stereocenters. The molecule has 4 rings (SSSR count). The Morgan fingerprint density at radius 3 is 2.52 bits per heavy atom. The van der Waals surface area contributed by atoms with E-state index in [9.17, 15) is 9.59 Å². The van der Waals surface area contributed by atoms with Gasteiger partial charge in [0.2, 0.25) is 0 Å². The number of rotatable bonds is 7. The van der Waals surface area contributed by atoms with Crippen LogP contribution in [0.1, 0.15) is 34.6 Å². The number of amides is 1. The van der Waals surface area contributed by atoms with Gasteiger partial charge in [-0.1, -0.05) is 18.2 Å². The van der Waals surface area contributed by atoms with Crippen LogP contribution in [0.5, 0.6) is 17.2 Å². The first kappa shape index (κ1) is 22.4. The second-order valence-corrected chi connectivity index (χ2v) is 7.77. The third kappa shape index (κ3) is 4.69. The average molecular weight is 450 g/mol. The van der Waals surface area contributed by atoms with Crippen molar-refractivity contribution in [3.8, 4) is 17.2 Å². The van der Waals surface area contributed by atoms with Crippen molar-refractivity contribution in [3.63, 3.8) is 0 Å². The normalized spacial score (nSPS) is 15.0. The van der Waals surface area contributed by atoms with Crippen LogP contribution in [0.3, 0.4) is 0 Å². The largest absolute Gasteiger partial charge is 0.493 e. The van der Waals surface area contributed by atoms with Gasteiger partial charge in [0.1, 0.15) is 18.1 Å². The molecule has 8 heteroatoms. The van der Waals surface area contributed by atoms with Crippen molar-refractivity contribution >= 4 is 5.91 Å². The molecule has 1 aromatic heterocycles. The Balaban J connectivity index is 1.51. The van der Waals surface area contributed by atoms with Gasteiger partial charge in [-0.05, 0) is 54.8 Å². The minimum absolute atomic E-state index is 0.176. The molecule has 0 radical (unpaired) electrons. The van der Waals surface area contributed by atoms with E-state index < -0.39 is 0 Å². The second-order valence-electron chi connectivity index (χ2n) is 7.77. The van der Waals surface area contributed by atoms with E-state index in [1.165, 1.54) is 16.8 Å². The number of ether oxygens (including phenoxy) is 3. The zero-order chi connectivity index (χ0) is 23.4. The smallest absolute Gasteiger partial charge is 0.274 e. The molecule has 1 amide bonds. The first-order valence-electron chi connectivity index (χ1n) is 10.8. The van der Waals surface area contributed by atoms with Gasteiger partial charge in [0.25, 0.3) is 11.5 Å². The molecule has 1 aliphatic rings. The lowest BCUT2D eigenvalue weighted by molar-refractivity contribution is 0.0667. The number of aromatic nitrogens is 2. The quantitative estimate of drug-likeness (QED) is 0.551. The van der Waals surface area contributed by atoms with E-state index in [-0.39, 0.29) is 36.4 Å². The van der Waals surface area contributed by atoms with Crippen LogP contribution in [0.2, 0.25) is 0 Å². The Labute approximate surface area is 192 Å². The van der Waals surface area contributed by atoms with Gasteiger partial charge in [0, 0.05) is 12.6 Å². The lowest BCUT2D eigenvalue weighted by Crippen LogP contribution is -2.40. The van der Waals surface area contributed by atoms with Crippen LogP contribution in [-0.2, 0) is 13.0 Å². The van der Waals surface area contributed by atoms with Crippen molar-refractivity contribution in [1.82, 2.24) is 14.7 Å². The summed E-state index contributed by atoms with van der Waals surface area (Å²) >= 11 is 0. The maximum Gasteiger partial charge on any atom is 0.274 e. The number of fused-ring (bicyclic) bond motifs is 1. The summed E-state index contributed by atoms with van der Waals surface area (Å²) < 4.78 is 17.8. The predicted octanol–water partition coefficient (Wildman–Crippen LogP) is 3.10. The topological polar surface area (TPSA) is 82.9 Å². The van der Waals surface area contributed by atoms with E-state index in [1.807, 2.05) is 49.4 Å². The predicted molar refractivity (Wildman–Crippen MR) is 123 cm³/mol. The summed E-state index contributed by atoms with van der Waals surface area (Å²) in [5.74, 6) is 1.79. The van der Waals surface area contributed by atoms with Gasteiger partial charge in [0.15, 0.2) is 11.5 Å². The monoisotopic (exact) mass is 449 g/mol. The molecule has 172 valence electrons. The molecule has 0 saturated heterocycles. The summed E-state index contributed by atoms with van der Waals surface area (Å²) in [6.45, 7) is 3.03. The Hall–Kier alpha value is -3.81. The van der Waals surface area contributed by atoms with Gasteiger partial charge >= 0.3 is 0 Å². The van der Waals surface area contributed by atoms with Crippen molar-refractivity contribution in [2.45, 2.75) is 25.9 Å². The van der Waals surface area contributed by atoms with E-state index >= 15 is 0 Å². The Bertz CT molecular complexity index is 1190. The van der Waals surface area contributed by atoms with Gasteiger partial charge in [-0.3, -0.25) is 9.59 Å². The van der Waals surface area contributed by atoms with E-state index in [0.29, 0.717) is 30.2 Å². The second kappa shape index (κ2) is 9.77. The fourth-order valence-electron chi connectivity index (χ4n) is 4.06. The summed E-state index contributed by atoms with van der Waals surface area (Å²) in [5, 5.41) is 4.32. The molecule has 1 unspecified atom stereocenters. The Morgan fingerprint density at radius 2 is 1.79 bits per heavy atom. The number of methoxy groups -OCH3 is 2. The number of carbonyl (C=O) groups excluding carboxylic acids is 1. The lowest BCUT2D eigenvalue weighted by Gasteiger charge is -2.35. The summed E-state index contributed by atoms with van der Waals surface area (Å²) in [7, 11) is 3.20. The van der Waals surface area contributed by atoms with Crippen LogP contribution in [0.25, 0.3) is 0 Å². The molecular formula is C25H27N3O5. The highest BCUT2D eigenvalue weighted by Crippen LogP contribution is 2.38. The molecule has 2 heterocycles. The fourth-order valence-corrected chi connectivity index (χ4v) is 4.06. The molecular weight excluding hydrogens is 422 g/mol. The number of benzene rings is 2. The number of para-hydroxylation sites is 1. The Morgan fingerprint density at radius 1 is 1.06 bits per heavy atom. The van der Waals surface area contributed by atoms with Gasteiger partial charge in [-0.25, -0.2) is 4.68 Å². The minimum atomic E-state index is -0.280. The average Bonchev–Trinajstić information content (AvgIpc) is 2.85. The summed E-state index contributed by atoms with van der Waals surface area (Å²) in [6.07, 6.45) is 0.691. The van der Waals surface area contributed by atoms with Crippen molar-refractivity contribution in [1.29, 1.82) is 0 Å². The molecule has 1 aliphatic heterocycles. The maximum atomic E-state index is 13.3. The van der Waals surface area contributed by atoms with Crippen LogP contribution in [0.15, 0.2) is 59.4 Å². The Kier molecular flexibility index (Phi) is 6.63. The van der Waals surface area contributed by atoms with Crippen molar-refractivity contribution in [2.24, 2.45) is 0 Å². The van der Waals surface area contributed by atoms with E-state index in [4.69, 9.17) is 14.2 Å². The molecule has 8 nitrogen and oxygen atoms in total. The van der Waals surface area contributed by atoms with Crippen LogP contribution in [0, 0.1) is 0 Å². The van der Waals surface area contributed by atoms with Crippen LogP contribution >= 0.6 is 0 Å². The molecule has 0 aliphatic carbocycles. The summed E-state index contributed by atoms with van der Waals surface area (Å²) in [5.41, 5.74) is 2.08. The van der Waals surface area contributed by atoms with Crippen molar-refractivity contribution in [2.75, 3.05) is 27.4 Å². The highest BCUT2D eigenvalue weighted by atomic mass is 16.5. The molecule has 0 saturated carbocycles. The molecule has 2 aromatic carbocycles. The minimum Gasteiger partial charge on any atom is -0.493 e. The zero-order valence-corrected chi connectivity index (χ0v) is 19.0. The molecule has 0 spiro atoms. The number of hydrogen-bond acceptors (Lipinski definition) is 6. The first-order chi connectivity index (χ1) is 16.0. The third-order valence-corrected chi connectivity index (χ3v) is 5.85. The number of carbonyl (C=O) groups is 1. The standard InChI is InChI=1S/C25H27N3O5/c1-17-20-16-23(32-3)22(31-2)15-18(20)11-12-27(17)25(30)21-9-10-24(29)28(26-21)13-14-33-19-7-5-4-6-8-19/h4-10,15-17H,11-14H2,1-3H3. The maximum absolute atomic E-state index is 13.3. The highest BCUT2D eigenvalue weighted by molar-refractivity contribution is 5.92. The van der Waals surface area contributed by atoms with E-state index in [2.05, 4.69) is 5.10 Å². The fraction of sp³-hybridized carbons (Fsp3) is 0.320. The van der Waals surface area contributed by atoms with Gasteiger partial charge < -0.3 is 19.1 Å². The van der Waals surface area contributed by atoms with Gasteiger partial charge in [0.05, 0.1) is 26.8 Å². The molecule has 0 fully saturated rings. The van der Waals surface area contributed by atoms with Crippen molar-refractivity contribution in [3.05, 3.63) is 81.8 Å². The van der Waals surface area contributed by atoms with Gasteiger partial charge in [-0.2, -0.15) is 5.10 Å². The van der Waals surface area contributed by atoms with Crippen LogP contribution < -0.4 is 19.8 Å². The third-order valence-electron chi connectivity index (χ3n) is 5.85. The molecule has 33 heavy (non-hydrogen) atoms. The molecule has 3 aromatic rings. The van der Waals surface area contributed by atoms with Crippen LogP contribution in [0.4, 0.5) is 0 Å². The van der Waals surface area contributed by atoms with Crippen molar-refractivity contribution < 1.29 is 19.0 Å². The first-order valence-corrected chi connectivity index (χ1v) is 10.8. The van der Waals surface area contributed by atoms with E-state index in [0.717, 1.165) is 11.1 Å². The number of hydrogen-bond donors (Lipinski definition) is 0. The number of nitrogens with zero attached hydrogens (tertiary/aromatic N) is 3. The summed E-state index contributed by atoms with van der Waals surface area (Å²) in [6, 6.07) is 15.9. The highest BCUT2D eigenvalue weighted by Gasteiger charge is 2.30. The summed E-state index contributed by atoms with van der Waals surface area (Å²) in [4.78, 5) is 27.4. The lowest BCUT2D eigenvalue weighted by atomic mass is 9.92. The van der Waals surface area contributed by atoms with Gasteiger partial charge in [-0.15, -0.1) is 0 Å².